The third-order valence-electron chi connectivity index (χ3n) is 3.24. The Labute approximate surface area is 123 Å². The topological polar surface area (TPSA) is 105 Å². The van der Waals surface area contributed by atoms with Crippen LogP contribution < -0.4 is 5.73 Å². The van der Waals surface area contributed by atoms with Gasteiger partial charge < -0.3 is 15.9 Å². The van der Waals surface area contributed by atoms with E-state index < -0.39 is 0 Å². The number of benzene rings is 1. The van der Waals surface area contributed by atoms with Gasteiger partial charge in [-0.15, -0.1) is 0 Å². The summed E-state index contributed by atoms with van der Waals surface area (Å²) in [5, 5.41) is 19.3. The molecule has 0 spiro atoms. The molecule has 0 bridgehead atoms. The molecule has 1 aromatic carbocycles. The third kappa shape index (κ3) is 3.74. The second-order valence-corrected chi connectivity index (χ2v) is 4.92. The van der Waals surface area contributed by atoms with E-state index in [4.69, 9.17) is 5.73 Å². The quantitative estimate of drug-likeness (QED) is 0.703. The molecule has 1 heterocycles. The van der Waals surface area contributed by atoms with E-state index >= 15 is 0 Å². The lowest BCUT2D eigenvalue weighted by Crippen LogP contribution is -2.06. The molecule has 0 saturated carbocycles. The van der Waals surface area contributed by atoms with E-state index in [1.165, 1.54) is 0 Å². The number of aliphatic hydroxyl groups excluding tert-OH is 2. The van der Waals surface area contributed by atoms with Crippen molar-refractivity contribution in [3.05, 3.63) is 23.8 Å². The fraction of sp³-hybridized carbons (Fsp3) is 0.400. The molecule has 0 unspecified atom stereocenters. The second kappa shape index (κ2) is 7.10. The molecule has 0 saturated heterocycles. The Bertz CT molecular complexity index is 643. The van der Waals surface area contributed by atoms with Gasteiger partial charge in [-0.25, -0.2) is 9.98 Å². The fourth-order valence-corrected chi connectivity index (χ4v) is 2.13. The van der Waals surface area contributed by atoms with Crippen molar-refractivity contribution in [2.75, 3.05) is 12.3 Å². The van der Waals surface area contributed by atoms with Crippen molar-refractivity contribution in [1.29, 1.82) is 0 Å². The van der Waals surface area contributed by atoms with E-state index in [1.807, 2.05) is 0 Å². The molecule has 4 N–H and O–H groups in total. The van der Waals surface area contributed by atoms with Gasteiger partial charge in [0.25, 0.3) is 0 Å². The number of aromatic nitrogens is 2. The summed E-state index contributed by atoms with van der Waals surface area (Å²) in [6, 6.07) is 5.37. The molecule has 0 fully saturated rings. The number of anilines is 1. The number of aliphatic hydroxyl groups is 2. The van der Waals surface area contributed by atoms with Crippen LogP contribution in [0.4, 0.5) is 11.8 Å². The second-order valence-electron chi connectivity index (χ2n) is 4.92. The van der Waals surface area contributed by atoms with Gasteiger partial charge in [-0.1, -0.05) is 19.4 Å². The first-order valence-electron chi connectivity index (χ1n) is 7.00. The number of hydrogen-bond acceptors (Lipinski definition) is 6. The Balaban J connectivity index is 2.43. The maximum atomic E-state index is 9.30. The first kappa shape index (κ1) is 15.3. The third-order valence-corrected chi connectivity index (χ3v) is 3.24. The molecule has 1 atom stereocenters. The molecule has 0 amide bonds. The fourth-order valence-electron chi connectivity index (χ4n) is 2.13. The highest BCUT2D eigenvalue weighted by Crippen LogP contribution is 2.25. The molecule has 0 radical (unpaired) electrons. The number of nitrogens with zero attached hydrogens (tertiary/aromatic N) is 3. The number of hydrogen-bond donors (Lipinski definition) is 3. The molecule has 1 aromatic heterocycles. The first-order chi connectivity index (χ1) is 10.2. The highest BCUT2D eigenvalue weighted by Gasteiger charge is 2.08. The minimum Gasteiger partial charge on any atom is -0.396 e. The van der Waals surface area contributed by atoms with Crippen molar-refractivity contribution in [2.45, 2.75) is 26.4 Å². The number of fused-ring (bicyclic) bond motifs is 1. The maximum Gasteiger partial charge on any atom is 0.222 e. The lowest BCUT2D eigenvalue weighted by Gasteiger charge is -2.07. The van der Waals surface area contributed by atoms with Crippen LogP contribution >= 0.6 is 0 Å². The van der Waals surface area contributed by atoms with Crippen LogP contribution in [0.15, 0.2) is 23.2 Å². The van der Waals surface area contributed by atoms with Gasteiger partial charge in [-0.2, -0.15) is 4.98 Å². The number of rotatable bonds is 6. The van der Waals surface area contributed by atoms with Gasteiger partial charge in [0.05, 0.1) is 18.7 Å². The zero-order chi connectivity index (χ0) is 15.2. The lowest BCUT2D eigenvalue weighted by molar-refractivity contribution is 0.257. The maximum absolute atomic E-state index is 9.30. The van der Waals surface area contributed by atoms with Gasteiger partial charge in [0.2, 0.25) is 5.95 Å². The Morgan fingerprint density at radius 1 is 1.33 bits per heavy atom. The smallest absolute Gasteiger partial charge is 0.222 e. The van der Waals surface area contributed by atoms with Crippen molar-refractivity contribution in [3.63, 3.8) is 0 Å². The summed E-state index contributed by atoms with van der Waals surface area (Å²) < 4.78 is 0. The molecule has 6 nitrogen and oxygen atoms in total. The van der Waals surface area contributed by atoms with Crippen LogP contribution in [0.25, 0.3) is 10.9 Å². The molecular weight excluding hydrogens is 268 g/mol. The van der Waals surface area contributed by atoms with Crippen molar-refractivity contribution >= 4 is 28.9 Å². The number of nitrogens with two attached hydrogens (primary N) is 1. The summed E-state index contributed by atoms with van der Waals surface area (Å²) in [4.78, 5) is 12.7. The van der Waals surface area contributed by atoms with E-state index in [9.17, 15) is 10.2 Å². The van der Waals surface area contributed by atoms with Crippen LogP contribution in [0.2, 0.25) is 0 Å². The van der Waals surface area contributed by atoms with Gasteiger partial charge >= 0.3 is 0 Å². The highest BCUT2D eigenvalue weighted by atomic mass is 16.3. The zero-order valence-corrected chi connectivity index (χ0v) is 12.0. The molecule has 21 heavy (non-hydrogen) atoms. The van der Waals surface area contributed by atoms with Gasteiger partial charge in [-0.05, 0) is 24.1 Å². The largest absolute Gasteiger partial charge is 0.396 e. The van der Waals surface area contributed by atoms with E-state index in [2.05, 4.69) is 21.9 Å². The molecule has 6 heteroatoms. The predicted molar refractivity (Wildman–Crippen MR) is 83.5 cm³/mol. The van der Waals surface area contributed by atoms with Crippen LogP contribution in [0, 0.1) is 5.92 Å². The molecule has 2 rings (SSSR count). The van der Waals surface area contributed by atoms with E-state index in [-0.39, 0.29) is 25.1 Å². The average Bonchev–Trinajstić information content (AvgIpc) is 2.50. The first-order valence-corrected chi connectivity index (χ1v) is 7.00. The molecule has 0 aliphatic carbocycles. The van der Waals surface area contributed by atoms with Crippen molar-refractivity contribution in [2.24, 2.45) is 10.9 Å². The summed E-state index contributed by atoms with van der Waals surface area (Å²) in [7, 11) is 0. The van der Waals surface area contributed by atoms with Gasteiger partial charge in [-0.3, -0.25) is 0 Å². The van der Waals surface area contributed by atoms with Crippen LogP contribution in [0.3, 0.4) is 0 Å². The zero-order valence-electron chi connectivity index (χ0n) is 12.0. The van der Waals surface area contributed by atoms with Gasteiger partial charge in [0.1, 0.15) is 0 Å². The van der Waals surface area contributed by atoms with Crippen molar-refractivity contribution in [1.82, 2.24) is 9.97 Å². The summed E-state index contributed by atoms with van der Waals surface area (Å²) in [5.41, 5.74) is 7.14. The Hall–Kier alpha value is -2.05. The number of aliphatic imine (C=N–C) groups is 1. The molecule has 112 valence electrons. The van der Waals surface area contributed by atoms with Crippen LogP contribution in [0.1, 0.15) is 25.3 Å². The minimum absolute atomic E-state index is 0.00210. The Morgan fingerprint density at radius 3 is 2.81 bits per heavy atom. The summed E-state index contributed by atoms with van der Waals surface area (Å²) >= 11 is 0. The summed E-state index contributed by atoms with van der Waals surface area (Å²) in [6.45, 7) is 2.05. The van der Waals surface area contributed by atoms with E-state index in [1.54, 1.807) is 24.4 Å². The molecule has 0 aliphatic rings. The SMILES string of the molecule is CCC[C@H](/C=N\c1nc(N)nc2ccc(CO)cc12)CO. The summed E-state index contributed by atoms with van der Waals surface area (Å²) in [6.07, 6.45) is 3.54. The van der Waals surface area contributed by atoms with E-state index in [0.717, 1.165) is 23.8 Å². The van der Waals surface area contributed by atoms with Crippen molar-refractivity contribution < 1.29 is 10.2 Å². The lowest BCUT2D eigenvalue weighted by atomic mass is 10.1. The van der Waals surface area contributed by atoms with Crippen LogP contribution in [-0.4, -0.2) is 33.0 Å². The Morgan fingerprint density at radius 2 is 2.14 bits per heavy atom. The highest BCUT2D eigenvalue weighted by molar-refractivity contribution is 5.90. The Kier molecular flexibility index (Phi) is 5.19. The van der Waals surface area contributed by atoms with E-state index in [0.29, 0.717) is 11.3 Å². The van der Waals surface area contributed by atoms with Gasteiger partial charge in [0.15, 0.2) is 5.82 Å². The molecule has 0 aliphatic heterocycles. The van der Waals surface area contributed by atoms with Crippen LogP contribution in [-0.2, 0) is 6.61 Å². The predicted octanol–water partition coefficient (Wildman–Crippen LogP) is 1.82. The number of nitrogen functional groups attached to an aromatic ring is 1. The normalized spacial score (nSPS) is 13.1. The molecular formula is C15H20N4O2. The van der Waals surface area contributed by atoms with Crippen molar-refractivity contribution in [3.8, 4) is 0 Å². The minimum atomic E-state index is -0.0570. The standard InChI is InChI=1S/C15H20N4O2/c1-2-3-11(9-21)7-17-14-12-6-10(8-20)4-5-13(12)18-15(16)19-14/h4-7,11,20-21H,2-3,8-9H2,1H3,(H2,16,18,19)/b17-7-/t11-/m1/s1. The van der Waals surface area contributed by atoms with Crippen LogP contribution in [0.5, 0.6) is 0 Å². The molecule has 2 aromatic rings. The summed E-state index contributed by atoms with van der Waals surface area (Å²) in [5.74, 6) is 0.618. The monoisotopic (exact) mass is 288 g/mol. The average molecular weight is 288 g/mol. The van der Waals surface area contributed by atoms with Gasteiger partial charge in [0, 0.05) is 17.5 Å².